The van der Waals surface area contributed by atoms with Crippen molar-refractivity contribution >= 4 is 21.7 Å². The van der Waals surface area contributed by atoms with E-state index in [2.05, 4.69) is 9.50 Å². The molecule has 0 aliphatic rings. The zero-order valence-corrected chi connectivity index (χ0v) is 10.5. The molecule has 94 valence electrons. The Morgan fingerprint density at radius 1 is 1.35 bits per heavy atom. The van der Waals surface area contributed by atoms with Crippen molar-refractivity contribution in [3.05, 3.63) is 30.3 Å². The second kappa shape index (κ2) is 5.79. The average Bonchev–Trinajstić information content (AvgIpc) is 2.15. The average molecular weight is 257 g/mol. The van der Waals surface area contributed by atoms with Gasteiger partial charge in [0.05, 0.1) is 18.8 Å². The fourth-order valence-corrected chi connectivity index (χ4v) is 1.99. The summed E-state index contributed by atoms with van der Waals surface area (Å²) in [6.07, 6.45) is 0.273. The summed E-state index contributed by atoms with van der Waals surface area (Å²) in [5, 5.41) is 2.64. The highest BCUT2D eigenvalue weighted by molar-refractivity contribution is 7.86. The van der Waals surface area contributed by atoms with E-state index in [0.29, 0.717) is 5.69 Å². The number of amides is 1. The fourth-order valence-electron chi connectivity index (χ4n) is 1.33. The Hall–Kier alpha value is -1.40. The maximum atomic E-state index is 11.5. The van der Waals surface area contributed by atoms with E-state index in [1.165, 1.54) is 6.92 Å². The molecule has 0 bridgehead atoms. The lowest BCUT2D eigenvalue weighted by Gasteiger charge is -2.10. The molecule has 0 radical (unpaired) electrons. The standard InChI is InChI=1S/C11H15NO4S/c1-9(16-17(2,14)15)8-11(13)12-10-6-4-3-5-7-10/h3-7,9H,8H2,1-2H3,(H,12,13). The molecular formula is C11H15NO4S. The number of hydrogen-bond donors (Lipinski definition) is 1. The second-order valence-electron chi connectivity index (χ2n) is 3.73. The predicted molar refractivity (Wildman–Crippen MR) is 65.1 cm³/mol. The van der Waals surface area contributed by atoms with Gasteiger partial charge in [0.25, 0.3) is 10.1 Å². The van der Waals surface area contributed by atoms with Crippen molar-refractivity contribution in [3.63, 3.8) is 0 Å². The molecule has 1 atom stereocenters. The number of rotatable bonds is 5. The second-order valence-corrected chi connectivity index (χ2v) is 5.33. The molecule has 0 saturated heterocycles. The zero-order chi connectivity index (χ0) is 12.9. The Balaban J connectivity index is 2.45. The predicted octanol–water partition coefficient (Wildman–Crippen LogP) is 1.38. The van der Waals surface area contributed by atoms with Crippen molar-refractivity contribution in [2.75, 3.05) is 11.6 Å². The van der Waals surface area contributed by atoms with E-state index in [9.17, 15) is 13.2 Å². The molecule has 0 aliphatic heterocycles. The lowest BCUT2D eigenvalue weighted by molar-refractivity contribution is -0.117. The Bertz CT molecular complexity index is 470. The number of anilines is 1. The van der Waals surface area contributed by atoms with E-state index in [4.69, 9.17) is 0 Å². The first-order valence-corrected chi connectivity index (χ1v) is 6.91. The first-order chi connectivity index (χ1) is 7.87. The van der Waals surface area contributed by atoms with Crippen LogP contribution in [0.1, 0.15) is 13.3 Å². The minimum Gasteiger partial charge on any atom is -0.326 e. The van der Waals surface area contributed by atoms with Gasteiger partial charge in [-0.1, -0.05) is 18.2 Å². The molecule has 0 fully saturated rings. The van der Waals surface area contributed by atoms with Crippen LogP contribution in [0.2, 0.25) is 0 Å². The molecule has 1 rings (SSSR count). The van der Waals surface area contributed by atoms with Gasteiger partial charge >= 0.3 is 0 Å². The van der Waals surface area contributed by atoms with Crippen molar-refractivity contribution in [2.24, 2.45) is 0 Å². The molecule has 6 heteroatoms. The summed E-state index contributed by atoms with van der Waals surface area (Å²) < 4.78 is 26.3. The fraction of sp³-hybridized carbons (Fsp3) is 0.364. The topological polar surface area (TPSA) is 72.5 Å². The number of para-hydroxylation sites is 1. The molecule has 0 saturated carbocycles. The van der Waals surface area contributed by atoms with Crippen LogP contribution in [0.4, 0.5) is 5.69 Å². The normalized spacial score (nSPS) is 13.1. The molecular weight excluding hydrogens is 242 g/mol. The van der Waals surface area contributed by atoms with Gasteiger partial charge in [0.2, 0.25) is 5.91 Å². The quantitative estimate of drug-likeness (QED) is 0.809. The zero-order valence-electron chi connectivity index (χ0n) is 9.71. The molecule has 0 aromatic heterocycles. The third-order valence-electron chi connectivity index (χ3n) is 1.87. The summed E-state index contributed by atoms with van der Waals surface area (Å²) in [7, 11) is -3.52. The first kappa shape index (κ1) is 13.7. The SMILES string of the molecule is CC(CC(=O)Nc1ccccc1)OS(C)(=O)=O. The van der Waals surface area contributed by atoms with Gasteiger partial charge in [-0.25, -0.2) is 0 Å². The number of carbonyl (C=O) groups excluding carboxylic acids is 1. The Morgan fingerprint density at radius 3 is 2.47 bits per heavy atom. The van der Waals surface area contributed by atoms with Crippen molar-refractivity contribution in [1.29, 1.82) is 0 Å². The molecule has 17 heavy (non-hydrogen) atoms. The van der Waals surface area contributed by atoms with E-state index in [-0.39, 0.29) is 12.3 Å². The maximum Gasteiger partial charge on any atom is 0.264 e. The van der Waals surface area contributed by atoms with Crippen LogP contribution in [0.5, 0.6) is 0 Å². The number of benzene rings is 1. The monoisotopic (exact) mass is 257 g/mol. The minimum absolute atomic E-state index is 0.0119. The van der Waals surface area contributed by atoms with E-state index in [1.54, 1.807) is 24.3 Å². The molecule has 1 aromatic rings. The molecule has 1 unspecified atom stereocenters. The van der Waals surface area contributed by atoms with E-state index in [0.717, 1.165) is 6.26 Å². The van der Waals surface area contributed by atoms with Crippen molar-refractivity contribution < 1.29 is 17.4 Å². The van der Waals surface area contributed by atoms with Crippen LogP contribution >= 0.6 is 0 Å². The first-order valence-electron chi connectivity index (χ1n) is 5.10. The van der Waals surface area contributed by atoms with Gasteiger partial charge in [-0.15, -0.1) is 0 Å². The maximum absolute atomic E-state index is 11.5. The van der Waals surface area contributed by atoms with Gasteiger partial charge in [0.1, 0.15) is 0 Å². The summed E-state index contributed by atoms with van der Waals surface area (Å²) in [4.78, 5) is 11.5. The summed E-state index contributed by atoms with van der Waals surface area (Å²) in [6.45, 7) is 1.53. The Morgan fingerprint density at radius 2 is 1.94 bits per heavy atom. The Labute approximate surface area is 101 Å². The van der Waals surface area contributed by atoms with Crippen molar-refractivity contribution in [2.45, 2.75) is 19.4 Å². The Kier molecular flexibility index (Phi) is 4.65. The highest BCUT2D eigenvalue weighted by Crippen LogP contribution is 2.08. The van der Waals surface area contributed by atoms with Crippen LogP contribution in [0.3, 0.4) is 0 Å². The van der Waals surface area contributed by atoms with Gasteiger partial charge < -0.3 is 5.32 Å². The van der Waals surface area contributed by atoms with Crippen LogP contribution in [0, 0.1) is 0 Å². The molecule has 0 heterocycles. The lowest BCUT2D eigenvalue weighted by atomic mass is 10.2. The van der Waals surface area contributed by atoms with Crippen molar-refractivity contribution in [1.82, 2.24) is 0 Å². The molecule has 1 aromatic carbocycles. The number of carbonyl (C=O) groups is 1. The van der Waals surface area contributed by atoms with Crippen LogP contribution in [0.25, 0.3) is 0 Å². The molecule has 0 spiro atoms. The highest BCUT2D eigenvalue weighted by Gasteiger charge is 2.14. The summed E-state index contributed by atoms with van der Waals surface area (Å²) in [5.74, 6) is -0.285. The van der Waals surface area contributed by atoms with Crippen LogP contribution < -0.4 is 5.32 Å². The molecule has 5 nitrogen and oxygen atoms in total. The van der Waals surface area contributed by atoms with Gasteiger partial charge in [0.15, 0.2) is 0 Å². The third kappa shape index (κ3) is 6.03. The van der Waals surface area contributed by atoms with E-state index in [1.807, 2.05) is 6.07 Å². The molecule has 1 amide bonds. The largest absolute Gasteiger partial charge is 0.326 e. The van der Waals surface area contributed by atoms with Gasteiger partial charge in [-0.3, -0.25) is 8.98 Å². The van der Waals surface area contributed by atoms with Crippen LogP contribution in [-0.2, 0) is 19.1 Å². The van der Waals surface area contributed by atoms with Gasteiger partial charge in [0, 0.05) is 5.69 Å². The van der Waals surface area contributed by atoms with Gasteiger partial charge in [-0.05, 0) is 19.1 Å². The van der Waals surface area contributed by atoms with Gasteiger partial charge in [-0.2, -0.15) is 8.42 Å². The summed E-state index contributed by atoms with van der Waals surface area (Å²) in [6, 6.07) is 8.93. The number of hydrogen-bond acceptors (Lipinski definition) is 4. The number of nitrogens with one attached hydrogen (secondary N) is 1. The molecule has 1 N–H and O–H groups in total. The van der Waals surface area contributed by atoms with E-state index < -0.39 is 16.2 Å². The van der Waals surface area contributed by atoms with Crippen LogP contribution in [0.15, 0.2) is 30.3 Å². The third-order valence-corrected chi connectivity index (χ3v) is 2.55. The highest BCUT2D eigenvalue weighted by atomic mass is 32.2. The lowest BCUT2D eigenvalue weighted by Crippen LogP contribution is -2.22. The molecule has 0 aliphatic carbocycles. The summed E-state index contributed by atoms with van der Waals surface area (Å²) in [5.41, 5.74) is 0.670. The summed E-state index contributed by atoms with van der Waals surface area (Å²) >= 11 is 0. The minimum atomic E-state index is -3.52. The van der Waals surface area contributed by atoms with Crippen LogP contribution in [-0.4, -0.2) is 26.7 Å². The van der Waals surface area contributed by atoms with Crippen molar-refractivity contribution in [3.8, 4) is 0 Å². The smallest absolute Gasteiger partial charge is 0.264 e. The van der Waals surface area contributed by atoms with E-state index >= 15 is 0 Å².